The van der Waals surface area contributed by atoms with Gasteiger partial charge in [-0.1, -0.05) is 24.9 Å². The molecule has 0 spiro atoms. The minimum Gasteiger partial charge on any atom is -0.325 e. The summed E-state index contributed by atoms with van der Waals surface area (Å²) in [6, 6.07) is 3.45. The van der Waals surface area contributed by atoms with Crippen LogP contribution in [0.15, 0.2) is 18.3 Å². The van der Waals surface area contributed by atoms with Crippen LogP contribution in [-0.4, -0.2) is 24.0 Å². The number of anilines is 1. The highest BCUT2D eigenvalue weighted by Crippen LogP contribution is 2.35. The maximum absolute atomic E-state index is 12.6. The number of hydrogen-bond acceptors (Lipinski definition) is 3. The first kappa shape index (κ1) is 14.3. The number of halogens is 1. The molecular weight excluding hydrogens is 262 g/mol. The van der Waals surface area contributed by atoms with Crippen molar-refractivity contribution in [2.24, 2.45) is 5.41 Å². The Balaban J connectivity index is 2.11. The zero-order valence-electron chi connectivity index (χ0n) is 11.2. The van der Waals surface area contributed by atoms with E-state index in [4.69, 9.17) is 11.6 Å². The minimum atomic E-state index is -0.240. The Kier molecular flexibility index (Phi) is 4.77. The lowest BCUT2D eigenvalue weighted by molar-refractivity contribution is -0.127. The minimum absolute atomic E-state index is 0.109. The summed E-state index contributed by atoms with van der Waals surface area (Å²) >= 11 is 5.84. The third kappa shape index (κ3) is 3.45. The van der Waals surface area contributed by atoms with E-state index < -0.39 is 0 Å². The van der Waals surface area contributed by atoms with Crippen molar-refractivity contribution in [3.8, 4) is 0 Å². The Bertz CT molecular complexity index is 439. The Labute approximate surface area is 118 Å². The summed E-state index contributed by atoms with van der Waals surface area (Å²) in [6.45, 7) is 3.94. The predicted molar refractivity (Wildman–Crippen MR) is 77.3 cm³/mol. The van der Waals surface area contributed by atoms with Gasteiger partial charge in [-0.15, -0.1) is 0 Å². The Morgan fingerprint density at radius 2 is 2.26 bits per heavy atom. The molecule has 1 aliphatic rings. The normalized spacial score (nSPS) is 18.0. The molecule has 19 heavy (non-hydrogen) atoms. The molecule has 104 valence electrons. The maximum atomic E-state index is 12.6. The number of piperidine rings is 1. The standard InChI is InChI=1S/C14H20ClN3O/c1-2-4-14(5-8-16-9-6-14)13(19)18-11-3-7-17-12(15)10-11/h3,7,10,16H,2,4-6,8-9H2,1H3,(H,17,18,19). The molecule has 1 saturated heterocycles. The highest BCUT2D eigenvalue weighted by molar-refractivity contribution is 6.29. The predicted octanol–water partition coefficient (Wildman–Crippen LogP) is 2.84. The molecule has 0 atom stereocenters. The quantitative estimate of drug-likeness (QED) is 0.835. The van der Waals surface area contributed by atoms with E-state index in [0.29, 0.717) is 5.15 Å². The van der Waals surface area contributed by atoms with Crippen molar-refractivity contribution in [3.63, 3.8) is 0 Å². The van der Waals surface area contributed by atoms with Gasteiger partial charge in [0.05, 0.1) is 5.41 Å². The second kappa shape index (κ2) is 6.35. The van der Waals surface area contributed by atoms with Crippen LogP contribution in [0.3, 0.4) is 0 Å². The van der Waals surface area contributed by atoms with Crippen LogP contribution in [0, 0.1) is 5.41 Å². The van der Waals surface area contributed by atoms with Crippen molar-refractivity contribution in [3.05, 3.63) is 23.5 Å². The number of rotatable bonds is 4. The van der Waals surface area contributed by atoms with Gasteiger partial charge in [-0.25, -0.2) is 4.98 Å². The van der Waals surface area contributed by atoms with Crippen LogP contribution in [0.25, 0.3) is 0 Å². The number of aromatic nitrogens is 1. The van der Waals surface area contributed by atoms with Crippen molar-refractivity contribution in [2.45, 2.75) is 32.6 Å². The molecule has 4 nitrogen and oxygen atoms in total. The lowest BCUT2D eigenvalue weighted by Crippen LogP contribution is -2.44. The summed E-state index contributed by atoms with van der Waals surface area (Å²) in [4.78, 5) is 16.5. The van der Waals surface area contributed by atoms with E-state index in [1.807, 2.05) is 0 Å². The van der Waals surface area contributed by atoms with Crippen LogP contribution in [0.1, 0.15) is 32.6 Å². The highest BCUT2D eigenvalue weighted by Gasteiger charge is 2.38. The molecule has 1 amide bonds. The van der Waals surface area contributed by atoms with Gasteiger partial charge < -0.3 is 10.6 Å². The second-order valence-electron chi connectivity index (χ2n) is 5.10. The lowest BCUT2D eigenvalue weighted by atomic mass is 9.74. The van der Waals surface area contributed by atoms with Crippen molar-refractivity contribution in [1.29, 1.82) is 0 Å². The fourth-order valence-electron chi connectivity index (χ4n) is 2.72. The molecule has 0 aromatic carbocycles. The fraction of sp³-hybridized carbons (Fsp3) is 0.571. The summed E-state index contributed by atoms with van der Waals surface area (Å²) in [6.07, 6.45) is 5.34. The number of carbonyl (C=O) groups excluding carboxylic acids is 1. The molecule has 1 fully saturated rings. The van der Waals surface area contributed by atoms with Gasteiger partial charge in [-0.05, 0) is 44.5 Å². The molecule has 1 aromatic heterocycles. The Morgan fingerprint density at radius 3 is 2.89 bits per heavy atom. The number of pyridine rings is 1. The van der Waals surface area contributed by atoms with Gasteiger partial charge in [0.15, 0.2) is 0 Å². The second-order valence-corrected chi connectivity index (χ2v) is 5.49. The summed E-state index contributed by atoms with van der Waals surface area (Å²) in [7, 11) is 0. The zero-order valence-corrected chi connectivity index (χ0v) is 12.0. The first-order chi connectivity index (χ1) is 9.16. The highest BCUT2D eigenvalue weighted by atomic mass is 35.5. The van der Waals surface area contributed by atoms with E-state index in [0.717, 1.165) is 44.5 Å². The monoisotopic (exact) mass is 281 g/mol. The SMILES string of the molecule is CCCC1(C(=O)Nc2ccnc(Cl)c2)CCNCC1. The lowest BCUT2D eigenvalue weighted by Gasteiger charge is -2.36. The Morgan fingerprint density at radius 1 is 1.53 bits per heavy atom. The first-order valence-corrected chi connectivity index (χ1v) is 7.18. The number of amides is 1. The number of nitrogens with one attached hydrogen (secondary N) is 2. The zero-order chi connectivity index (χ0) is 13.7. The van der Waals surface area contributed by atoms with E-state index in [1.54, 1.807) is 18.3 Å². The van der Waals surface area contributed by atoms with Crippen LogP contribution in [0.2, 0.25) is 5.15 Å². The largest absolute Gasteiger partial charge is 0.325 e. The molecule has 0 unspecified atom stereocenters. The van der Waals surface area contributed by atoms with Crippen LogP contribution in [-0.2, 0) is 4.79 Å². The van der Waals surface area contributed by atoms with Gasteiger partial charge >= 0.3 is 0 Å². The van der Waals surface area contributed by atoms with Gasteiger partial charge in [-0.2, -0.15) is 0 Å². The molecule has 0 saturated carbocycles. The van der Waals surface area contributed by atoms with E-state index in [9.17, 15) is 4.79 Å². The third-order valence-electron chi connectivity index (χ3n) is 3.76. The molecule has 5 heteroatoms. The van der Waals surface area contributed by atoms with Gasteiger partial charge in [0.1, 0.15) is 5.15 Å². The average Bonchev–Trinajstić information content (AvgIpc) is 2.40. The van der Waals surface area contributed by atoms with Crippen molar-refractivity contribution in [1.82, 2.24) is 10.3 Å². The smallest absolute Gasteiger partial charge is 0.230 e. The van der Waals surface area contributed by atoms with E-state index in [2.05, 4.69) is 22.5 Å². The maximum Gasteiger partial charge on any atom is 0.230 e. The molecule has 2 N–H and O–H groups in total. The fourth-order valence-corrected chi connectivity index (χ4v) is 2.89. The third-order valence-corrected chi connectivity index (χ3v) is 3.96. The van der Waals surface area contributed by atoms with E-state index >= 15 is 0 Å². The Hall–Kier alpha value is -1.13. The van der Waals surface area contributed by atoms with Crippen LogP contribution >= 0.6 is 11.6 Å². The van der Waals surface area contributed by atoms with Crippen molar-refractivity contribution >= 4 is 23.2 Å². The van der Waals surface area contributed by atoms with Gasteiger partial charge in [-0.3, -0.25) is 4.79 Å². The van der Waals surface area contributed by atoms with Crippen LogP contribution in [0.5, 0.6) is 0 Å². The van der Waals surface area contributed by atoms with Gasteiger partial charge in [0.2, 0.25) is 5.91 Å². The van der Waals surface area contributed by atoms with Crippen molar-refractivity contribution in [2.75, 3.05) is 18.4 Å². The van der Waals surface area contributed by atoms with Crippen molar-refractivity contribution < 1.29 is 4.79 Å². The molecule has 0 radical (unpaired) electrons. The number of nitrogens with zero attached hydrogens (tertiary/aromatic N) is 1. The molecule has 1 aliphatic heterocycles. The molecule has 2 rings (SSSR count). The van der Waals surface area contributed by atoms with Crippen LogP contribution in [0.4, 0.5) is 5.69 Å². The molecule has 0 aliphatic carbocycles. The summed E-state index contributed by atoms with van der Waals surface area (Å²) < 4.78 is 0. The van der Waals surface area contributed by atoms with E-state index in [1.165, 1.54) is 0 Å². The molecule has 1 aromatic rings. The molecular formula is C14H20ClN3O. The first-order valence-electron chi connectivity index (χ1n) is 6.80. The van der Waals surface area contributed by atoms with Gasteiger partial charge in [0, 0.05) is 11.9 Å². The summed E-state index contributed by atoms with van der Waals surface area (Å²) in [5.74, 6) is 0.109. The molecule has 2 heterocycles. The van der Waals surface area contributed by atoms with E-state index in [-0.39, 0.29) is 11.3 Å². The topological polar surface area (TPSA) is 54.0 Å². The number of carbonyl (C=O) groups is 1. The summed E-state index contributed by atoms with van der Waals surface area (Å²) in [5.41, 5.74) is 0.481. The summed E-state index contributed by atoms with van der Waals surface area (Å²) in [5, 5.41) is 6.70. The van der Waals surface area contributed by atoms with Gasteiger partial charge in [0.25, 0.3) is 0 Å². The van der Waals surface area contributed by atoms with Crippen LogP contribution < -0.4 is 10.6 Å². The average molecular weight is 282 g/mol. The molecule has 0 bridgehead atoms. The number of hydrogen-bond donors (Lipinski definition) is 2.